The zero-order valence-corrected chi connectivity index (χ0v) is 18.2. The maximum Gasteiger partial charge on any atom is 0.269 e. The number of ether oxygens (including phenoxy) is 1. The molecule has 7 nitrogen and oxygen atoms in total. The number of hydrogen-bond acceptors (Lipinski definition) is 5. The normalized spacial score (nSPS) is 15.9. The van der Waals surface area contributed by atoms with Crippen molar-refractivity contribution in [3.63, 3.8) is 0 Å². The van der Waals surface area contributed by atoms with Gasteiger partial charge in [-0.25, -0.2) is 4.68 Å². The van der Waals surface area contributed by atoms with Crippen molar-refractivity contribution in [2.75, 3.05) is 25.1 Å². The van der Waals surface area contributed by atoms with Gasteiger partial charge in [0.2, 0.25) is 5.91 Å². The van der Waals surface area contributed by atoms with E-state index in [0.717, 1.165) is 42.0 Å². The number of amides is 1. The van der Waals surface area contributed by atoms with Crippen LogP contribution in [0.15, 0.2) is 71.7 Å². The molecule has 1 N–H and O–H groups in total. The fourth-order valence-electron chi connectivity index (χ4n) is 3.97. The number of benzene rings is 2. The molecule has 0 unspecified atom stereocenters. The van der Waals surface area contributed by atoms with E-state index in [9.17, 15) is 9.59 Å². The van der Waals surface area contributed by atoms with Crippen molar-refractivity contribution in [3.8, 4) is 5.75 Å². The molecule has 2 aromatic carbocycles. The Morgan fingerprint density at radius 1 is 1.12 bits per heavy atom. The zero-order valence-electron chi connectivity index (χ0n) is 18.2. The van der Waals surface area contributed by atoms with Crippen LogP contribution in [0.1, 0.15) is 24.0 Å². The van der Waals surface area contributed by atoms with E-state index < -0.39 is 0 Å². The first kappa shape index (κ1) is 21.6. The van der Waals surface area contributed by atoms with Crippen molar-refractivity contribution in [1.29, 1.82) is 0 Å². The third-order valence-electron chi connectivity index (χ3n) is 5.81. The maximum atomic E-state index is 12.8. The second kappa shape index (κ2) is 10.1. The summed E-state index contributed by atoms with van der Waals surface area (Å²) in [7, 11) is 1.63. The number of carbonyl (C=O) groups is 1. The van der Waals surface area contributed by atoms with Crippen LogP contribution in [0.2, 0.25) is 0 Å². The summed E-state index contributed by atoms with van der Waals surface area (Å²) in [5, 5.41) is 7.40. The summed E-state index contributed by atoms with van der Waals surface area (Å²) in [5.41, 5.74) is 2.68. The van der Waals surface area contributed by atoms with Crippen LogP contribution in [-0.2, 0) is 17.9 Å². The van der Waals surface area contributed by atoms with Crippen molar-refractivity contribution in [2.24, 2.45) is 5.92 Å². The SMILES string of the molecule is COc1ccc(CNC(=O)[C@@H]2CCCN(c3cnn(Cc4ccccc4)c(=O)c3)C2)cc1. The predicted octanol–water partition coefficient (Wildman–Crippen LogP) is 2.83. The van der Waals surface area contributed by atoms with Gasteiger partial charge in [0.25, 0.3) is 5.56 Å². The van der Waals surface area contributed by atoms with E-state index in [1.54, 1.807) is 19.4 Å². The number of nitrogens with zero attached hydrogens (tertiary/aromatic N) is 3. The third kappa shape index (κ3) is 5.35. The summed E-state index contributed by atoms with van der Waals surface area (Å²) in [6, 6.07) is 19.1. The van der Waals surface area contributed by atoms with E-state index in [1.807, 2.05) is 54.6 Å². The van der Waals surface area contributed by atoms with Gasteiger partial charge in [0.05, 0.1) is 31.5 Å². The lowest BCUT2D eigenvalue weighted by Crippen LogP contribution is -2.43. The molecule has 0 saturated carbocycles. The molecule has 0 radical (unpaired) electrons. The number of carbonyl (C=O) groups excluding carboxylic acids is 1. The number of hydrogen-bond donors (Lipinski definition) is 1. The Hall–Kier alpha value is -3.61. The van der Waals surface area contributed by atoms with E-state index in [4.69, 9.17) is 4.74 Å². The lowest BCUT2D eigenvalue weighted by Gasteiger charge is -2.33. The van der Waals surface area contributed by atoms with Gasteiger partial charge < -0.3 is 15.0 Å². The summed E-state index contributed by atoms with van der Waals surface area (Å²) in [6.07, 6.45) is 3.46. The molecular weight excluding hydrogens is 404 g/mol. The first-order chi connectivity index (χ1) is 15.6. The Kier molecular flexibility index (Phi) is 6.84. The van der Waals surface area contributed by atoms with Gasteiger partial charge in [0, 0.05) is 25.7 Å². The Labute approximate surface area is 187 Å². The molecule has 0 aliphatic carbocycles. The van der Waals surface area contributed by atoms with Crippen molar-refractivity contribution in [1.82, 2.24) is 15.1 Å². The van der Waals surface area contributed by atoms with Gasteiger partial charge in [-0.2, -0.15) is 5.10 Å². The number of piperidine rings is 1. The second-order valence-corrected chi connectivity index (χ2v) is 8.05. The molecule has 2 heterocycles. The van der Waals surface area contributed by atoms with Gasteiger partial charge in [-0.15, -0.1) is 0 Å². The Bertz CT molecular complexity index is 1100. The molecular formula is C25H28N4O3. The van der Waals surface area contributed by atoms with Crippen molar-refractivity contribution < 1.29 is 9.53 Å². The zero-order chi connectivity index (χ0) is 22.3. The van der Waals surface area contributed by atoms with Crippen LogP contribution < -0.4 is 20.5 Å². The van der Waals surface area contributed by atoms with Gasteiger partial charge in [0.15, 0.2) is 0 Å². The maximum absolute atomic E-state index is 12.8. The van der Waals surface area contributed by atoms with E-state index in [2.05, 4.69) is 15.3 Å². The monoisotopic (exact) mass is 432 g/mol. The molecule has 1 fully saturated rings. The minimum absolute atomic E-state index is 0.0379. The quantitative estimate of drug-likeness (QED) is 0.621. The van der Waals surface area contributed by atoms with E-state index >= 15 is 0 Å². The molecule has 7 heteroatoms. The summed E-state index contributed by atoms with van der Waals surface area (Å²) in [5.74, 6) is 0.715. The van der Waals surface area contributed by atoms with E-state index in [1.165, 1.54) is 4.68 Å². The van der Waals surface area contributed by atoms with Gasteiger partial charge in [-0.3, -0.25) is 9.59 Å². The highest BCUT2D eigenvalue weighted by Crippen LogP contribution is 2.22. The van der Waals surface area contributed by atoms with Gasteiger partial charge in [0.1, 0.15) is 5.75 Å². The number of aromatic nitrogens is 2. The molecule has 0 bridgehead atoms. The fraction of sp³-hybridized carbons (Fsp3) is 0.320. The standard InChI is InChI=1S/C25H28N4O3/c1-32-23-11-9-19(10-12-23)15-26-25(31)21-8-5-13-28(18-21)22-14-24(30)29(27-16-22)17-20-6-3-2-4-7-20/h2-4,6-7,9-12,14,16,21H,5,8,13,15,17-18H2,1H3,(H,26,31)/t21-/m1/s1. The topological polar surface area (TPSA) is 76.5 Å². The van der Waals surface area contributed by atoms with Crippen LogP contribution in [0.25, 0.3) is 0 Å². The molecule has 1 aliphatic heterocycles. The van der Waals surface area contributed by atoms with Crippen LogP contribution in [0, 0.1) is 5.92 Å². The second-order valence-electron chi connectivity index (χ2n) is 8.05. The Morgan fingerprint density at radius 2 is 1.91 bits per heavy atom. The minimum Gasteiger partial charge on any atom is -0.497 e. The predicted molar refractivity (Wildman–Crippen MR) is 124 cm³/mol. The highest BCUT2D eigenvalue weighted by molar-refractivity contribution is 5.79. The summed E-state index contributed by atoms with van der Waals surface area (Å²) in [4.78, 5) is 27.4. The fourth-order valence-corrected chi connectivity index (χ4v) is 3.97. The van der Waals surface area contributed by atoms with Crippen LogP contribution in [0.5, 0.6) is 5.75 Å². The summed E-state index contributed by atoms with van der Waals surface area (Å²) in [6.45, 7) is 2.32. The van der Waals surface area contributed by atoms with E-state index in [-0.39, 0.29) is 17.4 Å². The smallest absolute Gasteiger partial charge is 0.269 e. The van der Waals surface area contributed by atoms with Crippen molar-refractivity contribution in [2.45, 2.75) is 25.9 Å². The number of anilines is 1. The van der Waals surface area contributed by atoms with Gasteiger partial charge >= 0.3 is 0 Å². The first-order valence-corrected chi connectivity index (χ1v) is 10.9. The summed E-state index contributed by atoms with van der Waals surface area (Å²) < 4.78 is 6.63. The molecule has 1 amide bonds. The molecule has 0 spiro atoms. The molecule has 3 aromatic rings. The third-order valence-corrected chi connectivity index (χ3v) is 5.81. The molecule has 1 aromatic heterocycles. The lowest BCUT2D eigenvalue weighted by molar-refractivity contribution is -0.125. The van der Waals surface area contributed by atoms with Crippen molar-refractivity contribution >= 4 is 11.6 Å². The van der Waals surface area contributed by atoms with Crippen LogP contribution in [0.3, 0.4) is 0 Å². The average Bonchev–Trinajstić information content (AvgIpc) is 2.85. The number of nitrogens with one attached hydrogen (secondary N) is 1. The van der Waals surface area contributed by atoms with Crippen molar-refractivity contribution in [3.05, 3.63) is 88.3 Å². The number of rotatable bonds is 7. The molecule has 1 aliphatic rings. The largest absolute Gasteiger partial charge is 0.497 e. The van der Waals surface area contributed by atoms with Crippen LogP contribution in [0.4, 0.5) is 5.69 Å². The Morgan fingerprint density at radius 3 is 2.62 bits per heavy atom. The highest BCUT2D eigenvalue weighted by Gasteiger charge is 2.26. The summed E-state index contributed by atoms with van der Waals surface area (Å²) >= 11 is 0. The van der Waals surface area contributed by atoms with Crippen LogP contribution in [-0.4, -0.2) is 35.9 Å². The van der Waals surface area contributed by atoms with Gasteiger partial charge in [-0.1, -0.05) is 42.5 Å². The molecule has 4 rings (SSSR count). The molecule has 166 valence electrons. The van der Waals surface area contributed by atoms with E-state index in [0.29, 0.717) is 19.6 Å². The Balaban J connectivity index is 1.36. The highest BCUT2D eigenvalue weighted by atomic mass is 16.5. The molecule has 32 heavy (non-hydrogen) atoms. The minimum atomic E-state index is -0.141. The average molecular weight is 433 g/mol. The molecule has 1 saturated heterocycles. The molecule has 1 atom stereocenters. The number of methoxy groups -OCH3 is 1. The van der Waals surface area contributed by atoms with Crippen LogP contribution >= 0.6 is 0 Å². The lowest BCUT2D eigenvalue weighted by atomic mass is 9.96. The van der Waals surface area contributed by atoms with Gasteiger partial charge in [-0.05, 0) is 36.1 Å². The first-order valence-electron chi connectivity index (χ1n) is 10.9.